The second-order valence-electron chi connectivity index (χ2n) is 12.3. The number of fused-ring (bicyclic) bond motifs is 8. The van der Waals surface area contributed by atoms with Gasteiger partial charge in [0.15, 0.2) is 0 Å². The summed E-state index contributed by atoms with van der Waals surface area (Å²) in [5.74, 6) is -2.99. The van der Waals surface area contributed by atoms with Gasteiger partial charge in [0.1, 0.15) is 0 Å². The smallest absolute Gasteiger partial charge is 0.340 e. The fourth-order valence-corrected chi connectivity index (χ4v) is 9.18. The van der Waals surface area contributed by atoms with E-state index in [4.69, 9.17) is 33.7 Å². The predicted molar refractivity (Wildman–Crippen MR) is 218 cm³/mol. The molecule has 0 aliphatic carbocycles. The average Bonchev–Trinajstić information content (AvgIpc) is 3.90. The molecule has 0 atom stereocenters. The maximum absolute atomic E-state index is 13.7. The van der Waals surface area contributed by atoms with Crippen LogP contribution in [0.1, 0.15) is 76.5 Å². The first-order valence-electron chi connectivity index (χ1n) is 16.3. The molecule has 3 aromatic heterocycles. The largest absolute Gasteiger partial charge is 0.469 e. The van der Waals surface area contributed by atoms with E-state index < -0.39 is 29.8 Å². The zero-order valence-corrected chi connectivity index (χ0v) is 37.2. The summed E-state index contributed by atoms with van der Waals surface area (Å²) in [5.41, 5.74) is 6.52. The van der Waals surface area contributed by atoms with E-state index in [-0.39, 0.29) is 47.8 Å². The quantitative estimate of drug-likeness (QED) is 0.156. The van der Waals surface area contributed by atoms with Crippen molar-refractivity contribution < 1.29 is 47.7 Å². The van der Waals surface area contributed by atoms with Gasteiger partial charge in [-0.3, -0.25) is 19.2 Å². The van der Waals surface area contributed by atoms with Crippen molar-refractivity contribution in [3.63, 3.8) is 0 Å². The van der Waals surface area contributed by atoms with Crippen LogP contribution in [0.2, 0.25) is 0 Å². The number of carbonyl (C=O) groups is 5. The van der Waals surface area contributed by atoms with Crippen molar-refractivity contribution in [1.29, 1.82) is 0 Å². The Balaban J connectivity index is 2.17. The summed E-state index contributed by atoms with van der Waals surface area (Å²) < 4.78 is 26.9. The third-order valence-electron chi connectivity index (χ3n) is 9.41. The minimum absolute atomic E-state index is 0.00165. The molecule has 290 valence electrons. The highest BCUT2D eigenvalue weighted by molar-refractivity contribution is 9.11. The number of H-pyrrole nitrogens is 2. The minimum Gasteiger partial charge on any atom is -0.469 e. The topological polar surface area (TPSA) is 189 Å². The molecule has 8 bridgehead atoms. The molecule has 0 aromatic carbocycles. The van der Waals surface area contributed by atoms with Gasteiger partial charge >= 0.3 is 29.8 Å². The van der Waals surface area contributed by atoms with Crippen LogP contribution < -0.4 is 0 Å². The van der Waals surface area contributed by atoms with Crippen LogP contribution in [-0.4, -0.2) is 85.3 Å². The van der Waals surface area contributed by atoms with E-state index in [0.29, 0.717) is 85.1 Å². The van der Waals surface area contributed by atoms with Gasteiger partial charge < -0.3 is 33.7 Å². The maximum atomic E-state index is 13.7. The normalized spacial score (nSPS) is 12.5. The lowest BCUT2D eigenvalue weighted by Gasteiger charge is -2.07. The molecule has 0 fully saturated rings. The van der Waals surface area contributed by atoms with E-state index in [1.807, 2.05) is 6.92 Å². The number of nitrogens with one attached hydrogen (secondary N) is 2. The third kappa shape index (κ3) is 7.69. The van der Waals surface area contributed by atoms with Crippen molar-refractivity contribution >= 4 is 138 Å². The Morgan fingerprint density at radius 1 is 0.491 bits per heavy atom. The Morgan fingerprint density at radius 3 is 1.38 bits per heavy atom. The highest BCUT2D eigenvalue weighted by Gasteiger charge is 2.32. The van der Waals surface area contributed by atoms with Gasteiger partial charge in [0, 0.05) is 5.56 Å². The molecule has 0 saturated heterocycles. The molecular formula is C37H34Br4N4O10. The van der Waals surface area contributed by atoms with Crippen LogP contribution in [0.15, 0.2) is 17.9 Å². The molecule has 2 aliphatic rings. The van der Waals surface area contributed by atoms with Gasteiger partial charge in [0.05, 0.1) is 130 Å². The zero-order chi connectivity index (χ0) is 40.6. The number of aromatic amines is 2. The lowest BCUT2D eigenvalue weighted by atomic mass is 10.00. The van der Waals surface area contributed by atoms with E-state index in [9.17, 15) is 24.0 Å². The Kier molecular flexibility index (Phi) is 12.9. The highest BCUT2D eigenvalue weighted by atomic mass is 79.9. The van der Waals surface area contributed by atoms with Crippen LogP contribution >= 0.6 is 63.7 Å². The number of allylic oxidation sites excluding steroid dienone is 2. The molecule has 0 unspecified atom stereocenters. The van der Waals surface area contributed by atoms with Crippen molar-refractivity contribution in [3.05, 3.63) is 62.9 Å². The lowest BCUT2D eigenvalue weighted by Crippen LogP contribution is -2.10. The van der Waals surface area contributed by atoms with Crippen LogP contribution in [0.3, 0.4) is 0 Å². The maximum Gasteiger partial charge on any atom is 0.340 e. The number of halogens is 4. The molecule has 2 aliphatic heterocycles. The summed E-state index contributed by atoms with van der Waals surface area (Å²) in [7, 11) is 6.30. The third-order valence-corrected chi connectivity index (χ3v) is 12.5. The molecule has 0 saturated carbocycles. The summed E-state index contributed by atoms with van der Waals surface area (Å²) in [5, 5.41) is 0. The van der Waals surface area contributed by atoms with Crippen molar-refractivity contribution in [2.75, 3.05) is 35.5 Å². The minimum atomic E-state index is -0.774. The number of ether oxygens (including phenoxy) is 5. The van der Waals surface area contributed by atoms with Crippen LogP contribution in [0, 0.1) is 6.92 Å². The van der Waals surface area contributed by atoms with E-state index in [0.717, 1.165) is 0 Å². The van der Waals surface area contributed by atoms with E-state index in [1.54, 1.807) is 13.8 Å². The van der Waals surface area contributed by atoms with Gasteiger partial charge in [-0.1, -0.05) is 0 Å². The number of methoxy groups -OCH3 is 5. The molecule has 14 nitrogen and oxygen atoms in total. The highest BCUT2D eigenvalue weighted by Crippen LogP contribution is 2.46. The second kappa shape index (κ2) is 16.9. The van der Waals surface area contributed by atoms with Crippen LogP contribution in [0.4, 0.5) is 0 Å². The standard InChI is InChI=1S/C37H34Br4N4O10/c1-13-16(9-20(46)51-4)32-26(39)30-15(3)18(11-22(48)53-6)34(44-30)28(41)36-24(37(50)55-8)19(12-23(49)54-7)35(45-36)27(40)31-14(2)17(10-21(47)52-5)33(43-31)25(38)29(13)42-32/h44-45H,9-12H2,1-8H3. The van der Waals surface area contributed by atoms with Gasteiger partial charge in [0.25, 0.3) is 0 Å². The molecule has 3 aromatic rings. The summed E-state index contributed by atoms with van der Waals surface area (Å²) in [4.78, 5) is 81.9. The first kappa shape index (κ1) is 42.0. The fraction of sp³-hybridized carbons (Fsp3) is 0.324. The molecule has 5 heterocycles. The molecule has 0 spiro atoms. The van der Waals surface area contributed by atoms with Crippen LogP contribution in [0.25, 0.3) is 44.4 Å². The fourth-order valence-electron chi connectivity index (χ4n) is 6.39. The summed E-state index contributed by atoms with van der Waals surface area (Å²) >= 11 is 14.9. The molecule has 0 radical (unpaired) electrons. The van der Waals surface area contributed by atoms with Gasteiger partial charge in [-0.15, -0.1) is 0 Å². The number of carbonyl (C=O) groups excluding carboxylic acids is 5. The second-order valence-corrected chi connectivity index (χ2v) is 15.5. The first-order valence-corrected chi connectivity index (χ1v) is 19.5. The Bertz CT molecular complexity index is 2450. The van der Waals surface area contributed by atoms with E-state index in [1.165, 1.54) is 35.5 Å². The number of hydrogen-bond acceptors (Lipinski definition) is 12. The summed E-state index contributed by atoms with van der Waals surface area (Å²) in [6.07, 6.45) is -0.834. The lowest BCUT2D eigenvalue weighted by molar-refractivity contribution is -0.140. The molecular weight excluding hydrogens is 980 g/mol. The number of nitrogens with zero attached hydrogens (tertiary/aromatic N) is 2. The van der Waals surface area contributed by atoms with Gasteiger partial charge in [-0.2, -0.15) is 0 Å². The first-order chi connectivity index (χ1) is 26.0. The molecule has 2 N–H and O–H groups in total. The number of hydrogen-bond donors (Lipinski definition) is 2. The Labute approximate surface area is 348 Å². The predicted octanol–water partition coefficient (Wildman–Crippen LogP) is 7.88. The Hall–Kier alpha value is -4.13. The number of rotatable bonds is 9. The summed E-state index contributed by atoms with van der Waals surface area (Å²) in [6, 6.07) is 0. The number of esters is 5. The summed E-state index contributed by atoms with van der Waals surface area (Å²) in [6.45, 7) is 5.39. The van der Waals surface area contributed by atoms with Crippen molar-refractivity contribution in [1.82, 2.24) is 19.9 Å². The van der Waals surface area contributed by atoms with Crippen molar-refractivity contribution in [3.8, 4) is 0 Å². The zero-order valence-electron chi connectivity index (χ0n) is 30.8. The molecule has 5 rings (SSSR count). The number of aromatic nitrogens is 4. The van der Waals surface area contributed by atoms with Crippen molar-refractivity contribution in [2.45, 2.75) is 46.5 Å². The molecule has 55 heavy (non-hydrogen) atoms. The van der Waals surface area contributed by atoms with Crippen molar-refractivity contribution in [2.24, 2.45) is 0 Å². The SMILES string of the molecule is COC(=O)CC1=C(C)c2nc1c(Br)c1nc(c(Br)c3[nH]c(c(CC(=O)OC)c3C)c(Br)c3[nH]c(c2Br)c(CC(=O)OC)c3C(=O)OC)C(CC(=O)OC)=C1C. The number of aryl methyl sites for hydroxylation is 1. The van der Waals surface area contributed by atoms with Crippen LogP contribution in [-0.2, 0) is 55.7 Å². The van der Waals surface area contributed by atoms with Crippen LogP contribution in [0.5, 0.6) is 0 Å². The van der Waals surface area contributed by atoms with Gasteiger partial charge in [-0.25, -0.2) is 14.8 Å². The van der Waals surface area contributed by atoms with Gasteiger partial charge in [0.2, 0.25) is 0 Å². The van der Waals surface area contributed by atoms with E-state index >= 15 is 0 Å². The van der Waals surface area contributed by atoms with Gasteiger partial charge in [-0.05, 0) is 118 Å². The molecule has 18 heteroatoms. The Morgan fingerprint density at radius 2 is 0.891 bits per heavy atom. The average molecular weight is 1010 g/mol. The van der Waals surface area contributed by atoms with E-state index in [2.05, 4.69) is 73.7 Å². The monoisotopic (exact) mass is 1010 g/mol. The molecule has 0 amide bonds.